The number of methoxy groups -OCH3 is 1. The van der Waals surface area contributed by atoms with Crippen molar-refractivity contribution in [2.75, 3.05) is 26.8 Å². The lowest BCUT2D eigenvalue weighted by Crippen LogP contribution is -2.38. The van der Waals surface area contributed by atoms with Crippen molar-refractivity contribution in [3.05, 3.63) is 60.2 Å². The van der Waals surface area contributed by atoms with Gasteiger partial charge in [0, 0.05) is 31.4 Å². The van der Waals surface area contributed by atoms with Crippen LogP contribution in [0.1, 0.15) is 17.6 Å². The van der Waals surface area contributed by atoms with Gasteiger partial charge in [0.1, 0.15) is 11.9 Å². The number of benzene rings is 1. The van der Waals surface area contributed by atoms with Crippen LogP contribution in [-0.2, 0) is 11.3 Å². The van der Waals surface area contributed by atoms with Crippen molar-refractivity contribution in [1.29, 1.82) is 0 Å². The lowest BCUT2D eigenvalue weighted by Gasteiger charge is -2.31. The summed E-state index contributed by atoms with van der Waals surface area (Å²) in [5.74, 6) is 1.84. The molecule has 0 radical (unpaired) electrons. The monoisotopic (exact) mass is 352 g/mol. The fraction of sp³-hybridized carbons (Fsp3) is 0.316. The van der Waals surface area contributed by atoms with Crippen LogP contribution in [0.15, 0.2) is 53.2 Å². The second-order valence-electron chi connectivity index (χ2n) is 6.10. The molecule has 0 aliphatic carbocycles. The van der Waals surface area contributed by atoms with E-state index in [0.29, 0.717) is 24.9 Å². The molecule has 0 bridgehead atoms. The van der Waals surface area contributed by atoms with Gasteiger partial charge in [-0.15, -0.1) is 0 Å². The largest absolute Gasteiger partial charge is 0.497 e. The van der Waals surface area contributed by atoms with E-state index < -0.39 is 0 Å². The molecule has 0 unspecified atom stereocenters. The van der Waals surface area contributed by atoms with Gasteiger partial charge in [-0.2, -0.15) is 4.98 Å². The van der Waals surface area contributed by atoms with E-state index in [1.54, 1.807) is 7.11 Å². The number of rotatable bonds is 5. The van der Waals surface area contributed by atoms with Crippen LogP contribution < -0.4 is 4.74 Å². The number of nitrogens with zero attached hydrogens (tertiary/aromatic N) is 4. The van der Waals surface area contributed by atoms with Gasteiger partial charge in [0.25, 0.3) is 5.89 Å². The molecule has 7 heteroatoms. The molecular formula is C19H20N4O3. The molecule has 1 saturated heterocycles. The summed E-state index contributed by atoms with van der Waals surface area (Å²) in [6.45, 7) is 2.97. The van der Waals surface area contributed by atoms with Crippen LogP contribution in [0.4, 0.5) is 0 Å². The number of hydrogen-bond acceptors (Lipinski definition) is 7. The number of pyridine rings is 1. The van der Waals surface area contributed by atoms with Gasteiger partial charge in [0.15, 0.2) is 0 Å². The summed E-state index contributed by atoms with van der Waals surface area (Å²) < 4.78 is 16.4. The van der Waals surface area contributed by atoms with Crippen LogP contribution in [0.5, 0.6) is 5.75 Å². The predicted octanol–water partition coefficient (Wildman–Crippen LogP) is 2.71. The van der Waals surface area contributed by atoms with Crippen LogP contribution in [0.25, 0.3) is 11.5 Å². The van der Waals surface area contributed by atoms with Crippen molar-refractivity contribution >= 4 is 0 Å². The molecule has 4 rings (SSSR count). The molecule has 0 amide bonds. The van der Waals surface area contributed by atoms with Crippen LogP contribution in [-0.4, -0.2) is 46.8 Å². The first-order valence-electron chi connectivity index (χ1n) is 8.54. The lowest BCUT2D eigenvalue weighted by atomic mass is 10.2. The Hall–Kier alpha value is -2.77. The first-order valence-corrected chi connectivity index (χ1v) is 8.54. The van der Waals surface area contributed by atoms with E-state index in [1.165, 1.54) is 0 Å². The zero-order valence-electron chi connectivity index (χ0n) is 14.5. The van der Waals surface area contributed by atoms with Crippen molar-refractivity contribution in [1.82, 2.24) is 20.0 Å². The molecular weight excluding hydrogens is 332 g/mol. The third-order valence-corrected chi connectivity index (χ3v) is 4.33. The normalized spacial score (nSPS) is 18.0. The summed E-state index contributed by atoms with van der Waals surface area (Å²) in [6.07, 6.45) is 1.61. The number of ether oxygens (including phenoxy) is 2. The Morgan fingerprint density at radius 1 is 1.19 bits per heavy atom. The Balaban J connectivity index is 1.44. The highest BCUT2D eigenvalue weighted by Gasteiger charge is 2.26. The zero-order chi connectivity index (χ0) is 17.8. The summed E-state index contributed by atoms with van der Waals surface area (Å²) in [5.41, 5.74) is 1.89. The maximum Gasteiger partial charge on any atom is 0.258 e. The number of aromatic nitrogens is 3. The fourth-order valence-electron chi connectivity index (χ4n) is 2.94. The van der Waals surface area contributed by atoms with Gasteiger partial charge in [-0.05, 0) is 36.4 Å². The van der Waals surface area contributed by atoms with Gasteiger partial charge in [0.2, 0.25) is 5.82 Å². The highest BCUT2D eigenvalue weighted by atomic mass is 16.5. The van der Waals surface area contributed by atoms with Crippen molar-refractivity contribution < 1.29 is 14.0 Å². The van der Waals surface area contributed by atoms with Crippen molar-refractivity contribution in [3.8, 4) is 17.2 Å². The van der Waals surface area contributed by atoms with Gasteiger partial charge in [0.05, 0.1) is 19.4 Å². The van der Waals surface area contributed by atoms with E-state index in [-0.39, 0.29) is 6.10 Å². The summed E-state index contributed by atoms with van der Waals surface area (Å²) >= 11 is 0. The topological polar surface area (TPSA) is 73.5 Å². The van der Waals surface area contributed by atoms with E-state index in [1.807, 2.05) is 48.7 Å². The highest BCUT2D eigenvalue weighted by Crippen LogP contribution is 2.25. The molecule has 1 atom stereocenters. The maximum atomic E-state index is 5.85. The van der Waals surface area contributed by atoms with E-state index in [0.717, 1.165) is 30.1 Å². The summed E-state index contributed by atoms with van der Waals surface area (Å²) in [6, 6.07) is 13.5. The van der Waals surface area contributed by atoms with E-state index in [4.69, 9.17) is 14.0 Å². The van der Waals surface area contributed by atoms with Gasteiger partial charge in [-0.25, -0.2) is 0 Å². The maximum absolute atomic E-state index is 5.85. The standard InChI is InChI=1S/C19H20N4O3/c1-24-16-7-5-14(6-8-16)19-21-18(22-26-19)17-13-23(10-11-25-17)12-15-4-2-3-9-20-15/h2-9,17H,10-13H2,1H3/t17-/m1/s1. The SMILES string of the molecule is COc1ccc(-c2nc([C@H]3CN(Cc4ccccn4)CCO3)no2)cc1. The average molecular weight is 352 g/mol. The predicted molar refractivity (Wildman–Crippen MR) is 94.5 cm³/mol. The molecule has 1 aromatic carbocycles. The summed E-state index contributed by atoms with van der Waals surface area (Å²) in [5, 5.41) is 4.12. The van der Waals surface area contributed by atoms with E-state index in [2.05, 4.69) is 20.0 Å². The lowest BCUT2D eigenvalue weighted by molar-refractivity contribution is -0.0384. The molecule has 0 N–H and O–H groups in total. The van der Waals surface area contributed by atoms with Crippen LogP contribution in [0.2, 0.25) is 0 Å². The van der Waals surface area contributed by atoms with Crippen molar-refractivity contribution in [2.45, 2.75) is 12.6 Å². The molecule has 1 aliphatic heterocycles. The van der Waals surface area contributed by atoms with Gasteiger partial charge >= 0.3 is 0 Å². The van der Waals surface area contributed by atoms with E-state index >= 15 is 0 Å². The Morgan fingerprint density at radius 3 is 2.85 bits per heavy atom. The third-order valence-electron chi connectivity index (χ3n) is 4.33. The van der Waals surface area contributed by atoms with Gasteiger partial charge < -0.3 is 14.0 Å². The molecule has 0 saturated carbocycles. The first-order chi connectivity index (χ1) is 12.8. The number of morpholine rings is 1. The van der Waals surface area contributed by atoms with Crippen molar-refractivity contribution in [2.24, 2.45) is 0 Å². The second-order valence-corrected chi connectivity index (χ2v) is 6.10. The van der Waals surface area contributed by atoms with Gasteiger partial charge in [-0.1, -0.05) is 11.2 Å². The minimum absolute atomic E-state index is 0.205. The quantitative estimate of drug-likeness (QED) is 0.699. The second kappa shape index (κ2) is 7.63. The molecule has 3 heterocycles. The molecule has 3 aromatic rings. The Bertz CT molecular complexity index is 836. The van der Waals surface area contributed by atoms with Gasteiger partial charge in [-0.3, -0.25) is 9.88 Å². The fourth-order valence-corrected chi connectivity index (χ4v) is 2.94. The van der Waals surface area contributed by atoms with Crippen LogP contribution in [0.3, 0.4) is 0 Å². The van der Waals surface area contributed by atoms with E-state index in [9.17, 15) is 0 Å². The Kier molecular flexibility index (Phi) is 4.90. The third kappa shape index (κ3) is 3.74. The Labute approximate surface area is 151 Å². The summed E-state index contributed by atoms with van der Waals surface area (Å²) in [7, 11) is 1.64. The zero-order valence-corrected chi connectivity index (χ0v) is 14.5. The summed E-state index contributed by atoms with van der Waals surface area (Å²) in [4.78, 5) is 11.2. The minimum atomic E-state index is -0.205. The average Bonchev–Trinajstić information content (AvgIpc) is 3.19. The molecule has 1 fully saturated rings. The molecule has 1 aliphatic rings. The van der Waals surface area contributed by atoms with Crippen LogP contribution >= 0.6 is 0 Å². The highest BCUT2D eigenvalue weighted by molar-refractivity contribution is 5.54. The molecule has 0 spiro atoms. The Morgan fingerprint density at radius 2 is 2.08 bits per heavy atom. The smallest absolute Gasteiger partial charge is 0.258 e. The van der Waals surface area contributed by atoms with Crippen molar-refractivity contribution in [3.63, 3.8) is 0 Å². The molecule has 134 valence electrons. The number of hydrogen-bond donors (Lipinski definition) is 0. The van der Waals surface area contributed by atoms with Crippen LogP contribution in [0, 0.1) is 0 Å². The molecule has 26 heavy (non-hydrogen) atoms. The minimum Gasteiger partial charge on any atom is -0.497 e. The first kappa shape index (κ1) is 16.7. The molecule has 2 aromatic heterocycles. The molecule has 7 nitrogen and oxygen atoms in total.